The standard InChI is InChI=1S/C19H20N4O/c24-19-17-9-5-4-8-16(17)18(20-21-19)23-12-10-22(11-13-23)14-15-6-2-1-3-7-15/h1-9H,10-14H2,(H,21,24). The van der Waals surface area contributed by atoms with Crippen LogP contribution in [0.3, 0.4) is 0 Å². The van der Waals surface area contributed by atoms with E-state index in [2.05, 4.69) is 44.3 Å². The van der Waals surface area contributed by atoms with Crippen LogP contribution in [0.25, 0.3) is 10.8 Å². The average molecular weight is 320 g/mol. The summed E-state index contributed by atoms with van der Waals surface area (Å²) in [6, 6.07) is 18.2. The first-order valence-corrected chi connectivity index (χ1v) is 8.30. The Kier molecular flexibility index (Phi) is 4.01. The van der Waals surface area contributed by atoms with Gasteiger partial charge in [-0.05, 0) is 11.6 Å². The number of hydrogen-bond acceptors (Lipinski definition) is 4. The summed E-state index contributed by atoms with van der Waals surface area (Å²) in [5.74, 6) is 0.879. The van der Waals surface area contributed by atoms with Gasteiger partial charge in [0.05, 0.1) is 5.39 Å². The summed E-state index contributed by atoms with van der Waals surface area (Å²) in [5, 5.41) is 8.57. The zero-order valence-corrected chi connectivity index (χ0v) is 13.5. The summed E-state index contributed by atoms with van der Waals surface area (Å²) in [5.41, 5.74) is 1.22. The van der Waals surface area contributed by atoms with Crippen LogP contribution in [0.15, 0.2) is 59.4 Å². The minimum absolute atomic E-state index is 0.128. The molecule has 1 fully saturated rings. The van der Waals surface area contributed by atoms with Crippen LogP contribution >= 0.6 is 0 Å². The lowest BCUT2D eigenvalue weighted by Gasteiger charge is -2.35. The fraction of sp³-hybridized carbons (Fsp3) is 0.263. The summed E-state index contributed by atoms with van der Waals surface area (Å²) in [6.07, 6.45) is 0. The third kappa shape index (κ3) is 2.90. The van der Waals surface area contributed by atoms with Gasteiger partial charge in [-0.15, -0.1) is 0 Å². The Morgan fingerprint density at radius 1 is 0.875 bits per heavy atom. The van der Waals surface area contributed by atoms with E-state index in [-0.39, 0.29) is 5.56 Å². The van der Waals surface area contributed by atoms with Crippen molar-refractivity contribution in [1.29, 1.82) is 0 Å². The quantitative estimate of drug-likeness (QED) is 0.804. The highest BCUT2D eigenvalue weighted by Gasteiger charge is 2.20. The third-order valence-electron chi connectivity index (χ3n) is 4.60. The molecule has 3 aromatic rings. The maximum atomic E-state index is 11.9. The van der Waals surface area contributed by atoms with Crippen LogP contribution in [0.5, 0.6) is 0 Å². The van der Waals surface area contributed by atoms with Crippen LogP contribution < -0.4 is 10.5 Å². The maximum absolute atomic E-state index is 11.9. The van der Waals surface area contributed by atoms with Gasteiger partial charge in [-0.2, -0.15) is 5.10 Å². The topological polar surface area (TPSA) is 52.2 Å². The van der Waals surface area contributed by atoms with Crippen LogP contribution in [0.2, 0.25) is 0 Å². The van der Waals surface area contributed by atoms with Crippen LogP contribution in [0.1, 0.15) is 5.56 Å². The molecule has 5 heteroatoms. The normalized spacial score (nSPS) is 15.8. The van der Waals surface area contributed by atoms with Crippen molar-refractivity contribution in [3.05, 3.63) is 70.5 Å². The van der Waals surface area contributed by atoms with E-state index in [0.29, 0.717) is 5.39 Å². The minimum atomic E-state index is -0.128. The summed E-state index contributed by atoms with van der Waals surface area (Å²) in [6.45, 7) is 4.79. The number of nitrogens with zero attached hydrogens (tertiary/aromatic N) is 3. The fourth-order valence-corrected chi connectivity index (χ4v) is 3.30. The number of H-pyrrole nitrogens is 1. The zero-order valence-electron chi connectivity index (χ0n) is 13.5. The molecule has 0 saturated carbocycles. The lowest BCUT2D eigenvalue weighted by molar-refractivity contribution is 0.249. The predicted molar refractivity (Wildman–Crippen MR) is 96.3 cm³/mol. The van der Waals surface area contributed by atoms with Gasteiger partial charge in [-0.3, -0.25) is 9.69 Å². The number of aromatic amines is 1. The summed E-state index contributed by atoms with van der Waals surface area (Å²) >= 11 is 0. The first kappa shape index (κ1) is 14.9. The molecule has 0 bridgehead atoms. The third-order valence-corrected chi connectivity index (χ3v) is 4.60. The average Bonchev–Trinajstić information content (AvgIpc) is 2.64. The van der Waals surface area contributed by atoms with Crippen molar-refractivity contribution < 1.29 is 0 Å². The van der Waals surface area contributed by atoms with Gasteiger partial charge in [0, 0.05) is 38.1 Å². The molecule has 4 rings (SSSR count). The van der Waals surface area contributed by atoms with Gasteiger partial charge in [0.2, 0.25) is 0 Å². The minimum Gasteiger partial charge on any atom is -0.352 e. The molecule has 1 aliphatic rings. The van der Waals surface area contributed by atoms with Crippen LogP contribution in [-0.2, 0) is 6.54 Å². The highest BCUT2D eigenvalue weighted by Crippen LogP contribution is 2.22. The monoisotopic (exact) mass is 320 g/mol. The van der Waals surface area contributed by atoms with E-state index in [0.717, 1.165) is 43.9 Å². The molecule has 0 unspecified atom stereocenters. The second-order valence-electron chi connectivity index (χ2n) is 6.17. The van der Waals surface area contributed by atoms with Crippen molar-refractivity contribution in [2.75, 3.05) is 31.1 Å². The molecule has 122 valence electrons. The Morgan fingerprint density at radius 2 is 1.54 bits per heavy atom. The van der Waals surface area contributed by atoms with E-state index in [1.165, 1.54) is 5.56 Å². The van der Waals surface area contributed by atoms with E-state index in [9.17, 15) is 4.79 Å². The number of hydrogen-bond donors (Lipinski definition) is 1. The van der Waals surface area contributed by atoms with Crippen LogP contribution in [-0.4, -0.2) is 41.3 Å². The molecule has 24 heavy (non-hydrogen) atoms. The molecule has 1 aromatic heterocycles. The van der Waals surface area contributed by atoms with E-state index in [1.807, 2.05) is 30.3 Å². The smallest absolute Gasteiger partial charge is 0.272 e. The molecular formula is C19H20N4O. The van der Waals surface area contributed by atoms with Gasteiger partial charge in [0.25, 0.3) is 5.56 Å². The highest BCUT2D eigenvalue weighted by molar-refractivity contribution is 5.91. The Morgan fingerprint density at radius 3 is 2.29 bits per heavy atom. The molecule has 0 spiro atoms. The van der Waals surface area contributed by atoms with Crippen molar-refractivity contribution in [3.8, 4) is 0 Å². The number of benzene rings is 2. The molecule has 0 atom stereocenters. The number of anilines is 1. The number of fused-ring (bicyclic) bond motifs is 1. The van der Waals surface area contributed by atoms with E-state index < -0.39 is 0 Å². The van der Waals surface area contributed by atoms with Gasteiger partial charge in [0.15, 0.2) is 5.82 Å². The summed E-state index contributed by atoms with van der Waals surface area (Å²) < 4.78 is 0. The molecule has 2 aromatic carbocycles. The predicted octanol–water partition coefficient (Wildman–Crippen LogP) is 2.25. The van der Waals surface area contributed by atoms with Crippen molar-refractivity contribution in [3.63, 3.8) is 0 Å². The Bertz CT molecular complexity index is 883. The molecule has 1 saturated heterocycles. The van der Waals surface area contributed by atoms with Crippen LogP contribution in [0, 0.1) is 0 Å². The van der Waals surface area contributed by atoms with Gasteiger partial charge >= 0.3 is 0 Å². The first-order chi connectivity index (χ1) is 11.8. The largest absolute Gasteiger partial charge is 0.352 e. The fourth-order valence-electron chi connectivity index (χ4n) is 3.30. The number of nitrogens with one attached hydrogen (secondary N) is 1. The molecule has 0 radical (unpaired) electrons. The molecule has 5 nitrogen and oxygen atoms in total. The zero-order chi connectivity index (χ0) is 16.4. The first-order valence-electron chi connectivity index (χ1n) is 8.30. The molecule has 0 aliphatic carbocycles. The summed E-state index contributed by atoms with van der Waals surface area (Å²) in [4.78, 5) is 16.6. The SMILES string of the molecule is O=c1[nH]nc(N2CCN(Cc3ccccc3)CC2)c2ccccc12. The maximum Gasteiger partial charge on any atom is 0.272 e. The Labute approximate surface area is 140 Å². The van der Waals surface area contributed by atoms with E-state index in [4.69, 9.17) is 0 Å². The van der Waals surface area contributed by atoms with Crippen LogP contribution in [0.4, 0.5) is 5.82 Å². The highest BCUT2D eigenvalue weighted by atomic mass is 16.1. The summed E-state index contributed by atoms with van der Waals surface area (Å²) in [7, 11) is 0. The lowest BCUT2D eigenvalue weighted by Crippen LogP contribution is -2.46. The second-order valence-corrected chi connectivity index (χ2v) is 6.17. The number of aromatic nitrogens is 2. The molecule has 2 heterocycles. The van der Waals surface area contributed by atoms with Gasteiger partial charge in [-0.25, -0.2) is 5.10 Å². The van der Waals surface area contributed by atoms with Gasteiger partial charge in [-0.1, -0.05) is 48.5 Å². The number of rotatable bonds is 3. The lowest BCUT2D eigenvalue weighted by atomic mass is 10.1. The molecular weight excluding hydrogens is 300 g/mol. The van der Waals surface area contributed by atoms with Crippen molar-refractivity contribution in [2.24, 2.45) is 0 Å². The molecule has 1 N–H and O–H groups in total. The molecule has 1 aliphatic heterocycles. The van der Waals surface area contributed by atoms with Gasteiger partial charge in [0.1, 0.15) is 0 Å². The van der Waals surface area contributed by atoms with Gasteiger partial charge < -0.3 is 4.90 Å². The second kappa shape index (κ2) is 6.45. The molecule has 0 amide bonds. The van der Waals surface area contributed by atoms with Crippen molar-refractivity contribution in [2.45, 2.75) is 6.54 Å². The van der Waals surface area contributed by atoms with E-state index in [1.54, 1.807) is 0 Å². The van der Waals surface area contributed by atoms with Crippen molar-refractivity contribution in [1.82, 2.24) is 15.1 Å². The van der Waals surface area contributed by atoms with E-state index >= 15 is 0 Å². The Balaban J connectivity index is 1.50. The van der Waals surface area contributed by atoms with Crippen molar-refractivity contribution >= 4 is 16.6 Å². The Hall–Kier alpha value is -2.66. The number of piperazine rings is 1.